The SMILES string of the molecule is N#COCCc1ccccc1Cc1ccccc1CCOC#N. The van der Waals surface area contributed by atoms with Gasteiger partial charge in [-0.25, -0.2) is 0 Å². The van der Waals surface area contributed by atoms with Gasteiger partial charge in [0.1, 0.15) is 13.2 Å². The summed E-state index contributed by atoms with van der Waals surface area (Å²) >= 11 is 0. The Morgan fingerprint density at radius 2 is 1.04 bits per heavy atom. The van der Waals surface area contributed by atoms with Crippen molar-refractivity contribution in [1.82, 2.24) is 0 Å². The Morgan fingerprint density at radius 1 is 0.652 bits per heavy atom. The molecule has 2 aromatic carbocycles. The minimum absolute atomic E-state index is 0.394. The third-order valence-electron chi connectivity index (χ3n) is 3.69. The molecule has 0 aliphatic carbocycles. The van der Waals surface area contributed by atoms with Crippen LogP contribution in [0, 0.1) is 23.0 Å². The zero-order chi connectivity index (χ0) is 16.3. The fourth-order valence-corrected chi connectivity index (χ4v) is 2.57. The molecule has 0 unspecified atom stereocenters. The maximum Gasteiger partial charge on any atom is 0.286 e. The summed E-state index contributed by atoms with van der Waals surface area (Å²) < 4.78 is 9.58. The van der Waals surface area contributed by atoms with Crippen molar-refractivity contribution in [3.05, 3.63) is 70.8 Å². The third kappa shape index (κ3) is 5.05. The summed E-state index contributed by atoms with van der Waals surface area (Å²) in [7, 11) is 0. The van der Waals surface area contributed by atoms with Crippen molar-refractivity contribution in [3.63, 3.8) is 0 Å². The van der Waals surface area contributed by atoms with Crippen LogP contribution in [-0.4, -0.2) is 13.2 Å². The van der Waals surface area contributed by atoms with Crippen molar-refractivity contribution < 1.29 is 9.47 Å². The van der Waals surface area contributed by atoms with Gasteiger partial charge in [0.2, 0.25) is 0 Å². The van der Waals surface area contributed by atoms with Crippen molar-refractivity contribution in [2.75, 3.05) is 13.2 Å². The Hall–Kier alpha value is -2.98. The minimum Gasteiger partial charge on any atom is -0.427 e. The average Bonchev–Trinajstić information content (AvgIpc) is 2.58. The van der Waals surface area contributed by atoms with Gasteiger partial charge in [-0.15, -0.1) is 0 Å². The molecule has 0 N–H and O–H groups in total. The van der Waals surface area contributed by atoms with Gasteiger partial charge in [-0.1, -0.05) is 48.5 Å². The molecule has 0 atom stereocenters. The van der Waals surface area contributed by atoms with Gasteiger partial charge in [0.25, 0.3) is 12.5 Å². The second-order valence-corrected chi connectivity index (χ2v) is 5.09. The first-order chi connectivity index (χ1) is 11.3. The first-order valence-corrected chi connectivity index (χ1v) is 7.50. The fourth-order valence-electron chi connectivity index (χ4n) is 2.57. The van der Waals surface area contributed by atoms with E-state index in [9.17, 15) is 0 Å². The third-order valence-corrected chi connectivity index (χ3v) is 3.69. The highest BCUT2D eigenvalue weighted by Crippen LogP contribution is 2.18. The molecule has 0 aliphatic rings. The maximum absolute atomic E-state index is 8.48. The van der Waals surface area contributed by atoms with Gasteiger partial charge in [0, 0.05) is 12.8 Å². The molecule has 0 spiro atoms. The summed E-state index contributed by atoms with van der Waals surface area (Å²) in [5, 5.41) is 17.0. The lowest BCUT2D eigenvalue weighted by Gasteiger charge is -2.12. The molecule has 23 heavy (non-hydrogen) atoms. The number of ether oxygens (including phenoxy) is 2. The van der Waals surface area contributed by atoms with Gasteiger partial charge in [-0.2, -0.15) is 10.5 Å². The van der Waals surface area contributed by atoms with E-state index in [2.05, 4.69) is 24.3 Å². The lowest BCUT2D eigenvalue weighted by Crippen LogP contribution is -2.03. The molecule has 0 radical (unpaired) electrons. The lowest BCUT2D eigenvalue weighted by molar-refractivity contribution is 0.274. The van der Waals surface area contributed by atoms with Crippen LogP contribution < -0.4 is 0 Å². The Bertz CT molecular complexity index is 652. The minimum atomic E-state index is 0.394. The Morgan fingerprint density at radius 3 is 1.43 bits per heavy atom. The topological polar surface area (TPSA) is 66.0 Å². The number of nitriles is 2. The molecular formula is C19H18N2O2. The van der Waals surface area contributed by atoms with E-state index in [1.807, 2.05) is 24.3 Å². The lowest BCUT2D eigenvalue weighted by atomic mass is 9.94. The fraction of sp³-hybridized carbons (Fsp3) is 0.263. The van der Waals surface area contributed by atoms with Crippen molar-refractivity contribution in [2.45, 2.75) is 19.3 Å². The van der Waals surface area contributed by atoms with Crippen molar-refractivity contribution in [3.8, 4) is 12.5 Å². The number of nitrogens with zero attached hydrogens (tertiary/aromatic N) is 2. The summed E-state index contributed by atoms with van der Waals surface area (Å²) in [5.74, 6) is 0. The first-order valence-electron chi connectivity index (χ1n) is 7.50. The number of benzene rings is 2. The molecule has 0 amide bonds. The van der Waals surface area contributed by atoms with Crippen molar-refractivity contribution >= 4 is 0 Å². The van der Waals surface area contributed by atoms with Gasteiger partial charge >= 0.3 is 0 Å². The highest BCUT2D eigenvalue weighted by molar-refractivity contribution is 5.36. The second kappa shape index (κ2) is 9.12. The van der Waals surface area contributed by atoms with Crippen LogP contribution in [-0.2, 0) is 28.7 Å². The van der Waals surface area contributed by atoms with E-state index in [0.29, 0.717) is 26.1 Å². The largest absolute Gasteiger partial charge is 0.427 e. The van der Waals surface area contributed by atoms with Gasteiger partial charge in [0.15, 0.2) is 0 Å². The van der Waals surface area contributed by atoms with Crippen LogP contribution >= 0.6 is 0 Å². The maximum atomic E-state index is 8.48. The molecule has 0 aliphatic heterocycles. The second-order valence-electron chi connectivity index (χ2n) is 5.09. The molecule has 0 bridgehead atoms. The highest BCUT2D eigenvalue weighted by Gasteiger charge is 2.07. The predicted octanol–water partition coefficient (Wildman–Crippen LogP) is 3.36. The molecule has 0 aromatic heterocycles. The van der Waals surface area contributed by atoms with E-state index in [1.165, 1.54) is 22.3 Å². The predicted molar refractivity (Wildman–Crippen MR) is 86.2 cm³/mol. The number of rotatable bonds is 8. The zero-order valence-electron chi connectivity index (χ0n) is 12.9. The Labute approximate surface area is 136 Å². The molecular weight excluding hydrogens is 288 g/mol. The van der Waals surface area contributed by atoms with Crippen LogP contribution in [0.4, 0.5) is 0 Å². The monoisotopic (exact) mass is 306 g/mol. The van der Waals surface area contributed by atoms with E-state index in [-0.39, 0.29) is 0 Å². The molecule has 4 heteroatoms. The molecule has 2 rings (SSSR count). The summed E-state index contributed by atoms with van der Waals surface area (Å²) in [6.07, 6.45) is 5.64. The van der Waals surface area contributed by atoms with Gasteiger partial charge < -0.3 is 9.47 Å². The van der Waals surface area contributed by atoms with E-state index in [0.717, 1.165) is 6.42 Å². The molecule has 116 valence electrons. The van der Waals surface area contributed by atoms with Gasteiger partial charge in [-0.3, -0.25) is 0 Å². The smallest absolute Gasteiger partial charge is 0.286 e. The normalized spacial score (nSPS) is 9.65. The molecule has 0 heterocycles. The van der Waals surface area contributed by atoms with Crippen LogP contribution in [0.3, 0.4) is 0 Å². The molecule has 0 saturated carbocycles. The standard InChI is InChI=1S/C19H18N2O2/c20-14-22-11-9-16-5-1-3-7-18(16)13-19-8-4-2-6-17(19)10-12-23-15-21/h1-8H,9-13H2. The summed E-state index contributed by atoms with van der Waals surface area (Å²) in [5.41, 5.74) is 4.82. The van der Waals surface area contributed by atoms with Crippen LogP contribution in [0.25, 0.3) is 0 Å². The van der Waals surface area contributed by atoms with Gasteiger partial charge in [-0.05, 0) is 28.7 Å². The summed E-state index contributed by atoms with van der Waals surface area (Å²) in [6, 6.07) is 16.4. The molecule has 4 nitrogen and oxygen atoms in total. The summed E-state index contributed by atoms with van der Waals surface area (Å²) in [6.45, 7) is 0.788. The quantitative estimate of drug-likeness (QED) is 0.554. The van der Waals surface area contributed by atoms with E-state index < -0.39 is 0 Å². The molecule has 0 saturated heterocycles. The van der Waals surface area contributed by atoms with E-state index in [1.54, 1.807) is 12.5 Å². The molecule has 2 aromatic rings. The zero-order valence-corrected chi connectivity index (χ0v) is 12.9. The van der Waals surface area contributed by atoms with Crippen LogP contribution in [0.2, 0.25) is 0 Å². The van der Waals surface area contributed by atoms with Crippen molar-refractivity contribution in [2.24, 2.45) is 0 Å². The van der Waals surface area contributed by atoms with E-state index >= 15 is 0 Å². The Balaban J connectivity index is 2.13. The van der Waals surface area contributed by atoms with Crippen LogP contribution in [0.15, 0.2) is 48.5 Å². The van der Waals surface area contributed by atoms with Gasteiger partial charge in [0.05, 0.1) is 0 Å². The Kier molecular flexibility index (Phi) is 6.50. The number of hydrogen-bond acceptors (Lipinski definition) is 4. The van der Waals surface area contributed by atoms with Crippen LogP contribution in [0.5, 0.6) is 0 Å². The number of hydrogen-bond donors (Lipinski definition) is 0. The van der Waals surface area contributed by atoms with E-state index in [4.69, 9.17) is 20.0 Å². The van der Waals surface area contributed by atoms with Crippen LogP contribution in [0.1, 0.15) is 22.3 Å². The summed E-state index contributed by atoms with van der Waals surface area (Å²) in [4.78, 5) is 0. The first kappa shape index (κ1) is 16.4. The average molecular weight is 306 g/mol. The van der Waals surface area contributed by atoms with Crippen molar-refractivity contribution in [1.29, 1.82) is 10.5 Å². The molecule has 0 fully saturated rings. The highest BCUT2D eigenvalue weighted by atomic mass is 16.5.